The van der Waals surface area contributed by atoms with Crippen molar-refractivity contribution in [1.82, 2.24) is 5.32 Å². The molecule has 0 bridgehead atoms. The summed E-state index contributed by atoms with van der Waals surface area (Å²) >= 11 is 0. The Morgan fingerprint density at radius 1 is 1.46 bits per heavy atom. The maximum Gasteiger partial charge on any atom is 0.247 e. The number of carbonyl (C=O) groups is 1. The van der Waals surface area contributed by atoms with Crippen molar-refractivity contribution in [3.05, 3.63) is 0 Å². The molecule has 0 aliphatic heterocycles. The summed E-state index contributed by atoms with van der Waals surface area (Å²) in [6, 6.07) is 0.461. The Morgan fingerprint density at radius 2 is 2.08 bits per heavy atom. The first kappa shape index (κ1) is 10.5. The molecule has 0 aromatic heterocycles. The molecule has 0 saturated heterocycles. The predicted molar refractivity (Wildman–Crippen MR) is 50.1 cm³/mol. The van der Waals surface area contributed by atoms with Crippen LogP contribution in [0.15, 0.2) is 0 Å². The van der Waals surface area contributed by atoms with Crippen molar-refractivity contribution in [2.75, 3.05) is 6.54 Å². The van der Waals surface area contributed by atoms with Crippen molar-refractivity contribution in [1.29, 1.82) is 0 Å². The standard InChI is InChI=1S/C9H18N2O2/c10-9(13)8(12)6-11-7-4-2-1-3-5-7/h7-8,11-12H,1-6H2,(H2,10,13). The van der Waals surface area contributed by atoms with E-state index in [-0.39, 0.29) is 0 Å². The number of primary amides is 1. The number of aliphatic hydroxyl groups is 1. The minimum atomic E-state index is -1.04. The highest BCUT2D eigenvalue weighted by Crippen LogP contribution is 2.17. The van der Waals surface area contributed by atoms with Crippen molar-refractivity contribution >= 4 is 5.91 Å². The summed E-state index contributed by atoms with van der Waals surface area (Å²) in [5, 5.41) is 12.3. The van der Waals surface area contributed by atoms with Crippen LogP contribution < -0.4 is 11.1 Å². The van der Waals surface area contributed by atoms with Crippen LogP contribution in [-0.4, -0.2) is 29.7 Å². The quantitative estimate of drug-likeness (QED) is 0.567. The summed E-state index contributed by atoms with van der Waals surface area (Å²) in [6.07, 6.45) is 5.03. The van der Waals surface area contributed by atoms with Crippen LogP contribution in [0.3, 0.4) is 0 Å². The molecular weight excluding hydrogens is 168 g/mol. The zero-order chi connectivity index (χ0) is 9.68. The van der Waals surface area contributed by atoms with Crippen LogP contribution in [0.25, 0.3) is 0 Å². The lowest BCUT2D eigenvalue weighted by atomic mass is 9.95. The summed E-state index contributed by atoms with van der Waals surface area (Å²) in [5.74, 6) is -0.650. The molecule has 13 heavy (non-hydrogen) atoms. The molecule has 1 atom stereocenters. The fourth-order valence-corrected chi connectivity index (χ4v) is 1.69. The summed E-state index contributed by atoms with van der Waals surface area (Å²) in [4.78, 5) is 10.5. The van der Waals surface area contributed by atoms with Gasteiger partial charge in [0.15, 0.2) is 0 Å². The molecule has 1 aliphatic carbocycles. The monoisotopic (exact) mass is 186 g/mol. The van der Waals surface area contributed by atoms with E-state index in [1.807, 2.05) is 0 Å². The number of amides is 1. The predicted octanol–water partition coefficient (Wildman–Crippen LogP) is -0.245. The largest absolute Gasteiger partial charge is 0.382 e. The first-order valence-corrected chi connectivity index (χ1v) is 4.91. The van der Waals surface area contributed by atoms with E-state index in [4.69, 9.17) is 10.8 Å². The highest BCUT2D eigenvalue weighted by atomic mass is 16.3. The third-order valence-corrected chi connectivity index (χ3v) is 2.53. The summed E-state index contributed by atoms with van der Waals surface area (Å²) in [7, 11) is 0. The first-order chi connectivity index (χ1) is 6.20. The lowest BCUT2D eigenvalue weighted by Crippen LogP contribution is -2.42. The van der Waals surface area contributed by atoms with Crippen LogP contribution in [0.1, 0.15) is 32.1 Å². The Balaban J connectivity index is 2.13. The van der Waals surface area contributed by atoms with Gasteiger partial charge in [-0.1, -0.05) is 19.3 Å². The maximum absolute atomic E-state index is 10.5. The van der Waals surface area contributed by atoms with E-state index in [1.165, 1.54) is 19.3 Å². The molecule has 76 valence electrons. The second-order valence-electron chi connectivity index (χ2n) is 3.66. The number of hydrogen-bond donors (Lipinski definition) is 3. The highest BCUT2D eigenvalue weighted by Gasteiger charge is 2.16. The van der Waals surface area contributed by atoms with Crippen molar-refractivity contribution in [2.45, 2.75) is 44.2 Å². The lowest BCUT2D eigenvalue weighted by molar-refractivity contribution is -0.125. The molecule has 0 spiro atoms. The number of aliphatic hydroxyl groups excluding tert-OH is 1. The van der Waals surface area contributed by atoms with Gasteiger partial charge in [-0.2, -0.15) is 0 Å². The van der Waals surface area contributed by atoms with Crippen molar-refractivity contribution in [2.24, 2.45) is 5.73 Å². The number of rotatable bonds is 4. The summed E-state index contributed by atoms with van der Waals surface area (Å²) in [5.41, 5.74) is 4.92. The smallest absolute Gasteiger partial charge is 0.247 e. The van der Waals surface area contributed by atoms with E-state index in [0.717, 1.165) is 12.8 Å². The van der Waals surface area contributed by atoms with Crippen molar-refractivity contribution in [3.63, 3.8) is 0 Å². The van der Waals surface area contributed by atoms with Gasteiger partial charge in [-0.3, -0.25) is 4.79 Å². The molecule has 1 unspecified atom stereocenters. The van der Waals surface area contributed by atoms with Crippen molar-refractivity contribution < 1.29 is 9.90 Å². The van der Waals surface area contributed by atoms with Gasteiger partial charge in [0.05, 0.1) is 0 Å². The minimum absolute atomic E-state index is 0.292. The first-order valence-electron chi connectivity index (χ1n) is 4.91. The van der Waals surface area contributed by atoms with E-state index >= 15 is 0 Å². The molecule has 1 amide bonds. The number of carbonyl (C=O) groups excluding carboxylic acids is 1. The van der Waals surface area contributed by atoms with Gasteiger partial charge in [0, 0.05) is 12.6 Å². The number of hydrogen-bond acceptors (Lipinski definition) is 3. The van der Waals surface area contributed by atoms with Gasteiger partial charge >= 0.3 is 0 Å². The molecule has 4 nitrogen and oxygen atoms in total. The SMILES string of the molecule is NC(=O)C(O)CNC1CCCCC1. The molecule has 1 saturated carbocycles. The van der Waals surface area contributed by atoms with Gasteiger partial charge in [-0.05, 0) is 12.8 Å². The van der Waals surface area contributed by atoms with E-state index in [2.05, 4.69) is 5.32 Å². The Bertz CT molecular complexity index is 167. The molecule has 1 fully saturated rings. The Labute approximate surface area is 78.5 Å². The van der Waals surface area contributed by atoms with E-state index < -0.39 is 12.0 Å². The Kier molecular flexibility index (Phi) is 4.18. The Hall–Kier alpha value is -0.610. The summed E-state index contributed by atoms with van der Waals surface area (Å²) < 4.78 is 0. The van der Waals surface area contributed by atoms with Crippen LogP contribution in [0.4, 0.5) is 0 Å². The number of nitrogens with one attached hydrogen (secondary N) is 1. The second kappa shape index (κ2) is 5.19. The fourth-order valence-electron chi connectivity index (χ4n) is 1.69. The Morgan fingerprint density at radius 3 is 2.62 bits per heavy atom. The zero-order valence-corrected chi connectivity index (χ0v) is 7.83. The maximum atomic E-state index is 10.5. The minimum Gasteiger partial charge on any atom is -0.382 e. The highest BCUT2D eigenvalue weighted by molar-refractivity contribution is 5.78. The van der Waals surface area contributed by atoms with Gasteiger partial charge in [-0.15, -0.1) is 0 Å². The molecule has 0 aromatic carbocycles. The topological polar surface area (TPSA) is 75.4 Å². The van der Waals surface area contributed by atoms with Gasteiger partial charge in [0.25, 0.3) is 0 Å². The molecule has 4 heteroatoms. The summed E-state index contributed by atoms with van der Waals surface area (Å²) in [6.45, 7) is 0.292. The molecule has 1 rings (SSSR count). The third kappa shape index (κ3) is 3.74. The van der Waals surface area contributed by atoms with Crippen LogP contribution in [0.2, 0.25) is 0 Å². The average molecular weight is 186 g/mol. The third-order valence-electron chi connectivity index (χ3n) is 2.53. The van der Waals surface area contributed by atoms with E-state index in [9.17, 15) is 4.79 Å². The van der Waals surface area contributed by atoms with Gasteiger partial charge in [-0.25, -0.2) is 0 Å². The lowest BCUT2D eigenvalue weighted by Gasteiger charge is -2.23. The zero-order valence-electron chi connectivity index (χ0n) is 7.83. The van der Waals surface area contributed by atoms with Crippen LogP contribution in [0, 0.1) is 0 Å². The van der Waals surface area contributed by atoms with Gasteiger partial charge in [0.2, 0.25) is 5.91 Å². The molecular formula is C9H18N2O2. The van der Waals surface area contributed by atoms with Crippen LogP contribution >= 0.6 is 0 Å². The molecule has 0 radical (unpaired) electrons. The van der Waals surface area contributed by atoms with Gasteiger partial charge < -0.3 is 16.2 Å². The van der Waals surface area contributed by atoms with Gasteiger partial charge in [0.1, 0.15) is 6.10 Å². The molecule has 0 heterocycles. The average Bonchev–Trinajstić information content (AvgIpc) is 2.15. The van der Waals surface area contributed by atoms with Crippen LogP contribution in [0.5, 0.6) is 0 Å². The molecule has 4 N–H and O–H groups in total. The fraction of sp³-hybridized carbons (Fsp3) is 0.889. The van der Waals surface area contributed by atoms with E-state index in [1.54, 1.807) is 0 Å². The normalized spacial score (nSPS) is 21.3. The van der Waals surface area contributed by atoms with E-state index in [0.29, 0.717) is 12.6 Å². The van der Waals surface area contributed by atoms with Crippen LogP contribution in [-0.2, 0) is 4.79 Å². The molecule has 1 aliphatic rings. The molecule has 0 aromatic rings. The van der Waals surface area contributed by atoms with Crippen molar-refractivity contribution in [3.8, 4) is 0 Å². The number of nitrogens with two attached hydrogens (primary N) is 1. The second-order valence-corrected chi connectivity index (χ2v) is 3.66.